The van der Waals surface area contributed by atoms with E-state index < -0.39 is 24.6 Å². The average molecular weight is 503 g/mol. The van der Waals surface area contributed by atoms with E-state index in [4.69, 9.17) is 9.47 Å². The molecule has 1 aliphatic heterocycles. The van der Waals surface area contributed by atoms with Gasteiger partial charge in [-0.05, 0) is 97.9 Å². The fourth-order valence-electron chi connectivity index (χ4n) is 8.79. The van der Waals surface area contributed by atoms with Gasteiger partial charge in [-0.2, -0.15) is 0 Å². The van der Waals surface area contributed by atoms with E-state index in [1.807, 2.05) is 0 Å². The summed E-state index contributed by atoms with van der Waals surface area (Å²) in [6, 6.07) is 0. The molecule has 6 heteroatoms. The Kier molecular flexibility index (Phi) is 7.32. The monoisotopic (exact) mass is 502 g/mol. The summed E-state index contributed by atoms with van der Waals surface area (Å²) in [4.78, 5) is 12.4. The Hall–Kier alpha value is -1.05. The zero-order valence-corrected chi connectivity index (χ0v) is 22.6. The van der Waals surface area contributed by atoms with E-state index in [0.717, 1.165) is 43.5 Å². The molecule has 4 aliphatic carbocycles. The van der Waals surface area contributed by atoms with Crippen molar-refractivity contribution in [1.82, 2.24) is 0 Å². The normalized spacial score (nSPS) is 50.6. The molecule has 0 spiro atoms. The van der Waals surface area contributed by atoms with Gasteiger partial charge in [0.15, 0.2) is 6.29 Å². The van der Waals surface area contributed by atoms with Crippen LogP contribution < -0.4 is 0 Å². The lowest BCUT2D eigenvalue weighted by molar-refractivity contribution is -0.285. The lowest BCUT2D eigenvalue weighted by Gasteiger charge is -2.49. The van der Waals surface area contributed by atoms with Crippen LogP contribution in [-0.4, -0.2) is 58.9 Å². The summed E-state index contributed by atoms with van der Waals surface area (Å²) in [5.41, 5.74) is 4.21. The van der Waals surface area contributed by atoms with Gasteiger partial charge in [0.25, 0.3) is 0 Å². The Balaban J connectivity index is 1.43. The van der Waals surface area contributed by atoms with E-state index in [0.29, 0.717) is 35.0 Å². The van der Waals surface area contributed by atoms with E-state index in [2.05, 4.69) is 40.7 Å². The Labute approximate surface area is 216 Å². The van der Waals surface area contributed by atoms with Gasteiger partial charge < -0.3 is 24.8 Å². The third kappa shape index (κ3) is 4.35. The molecule has 1 saturated heterocycles. The number of aliphatic hydroxyl groups excluding tert-OH is 3. The number of carbonyl (C=O) groups excluding carboxylic acids is 1. The van der Waals surface area contributed by atoms with Crippen molar-refractivity contribution < 1.29 is 29.6 Å². The molecule has 12 atom stereocenters. The maximum absolute atomic E-state index is 12.4. The van der Waals surface area contributed by atoms with Gasteiger partial charge in [0.1, 0.15) is 24.6 Å². The van der Waals surface area contributed by atoms with Gasteiger partial charge in [0.05, 0.1) is 12.7 Å². The van der Waals surface area contributed by atoms with Crippen molar-refractivity contribution in [3.8, 4) is 0 Å². The van der Waals surface area contributed by atoms with Crippen LogP contribution in [0.3, 0.4) is 0 Å². The molecule has 0 amide bonds. The topological polar surface area (TPSA) is 96.2 Å². The maximum Gasteiger partial charge on any atom is 0.186 e. The first-order valence-electron chi connectivity index (χ1n) is 14.2. The van der Waals surface area contributed by atoms with Crippen LogP contribution in [0.2, 0.25) is 0 Å². The molecule has 0 radical (unpaired) electrons. The highest BCUT2D eigenvalue weighted by molar-refractivity contribution is 5.74. The fourth-order valence-corrected chi connectivity index (χ4v) is 8.79. The lowest BCUT2D eigenvalue weighted by atomic mass is 9.55. The van der Waals surface area contributed by atoms with Crippen molar-refractivity contribution in [3.63, 3.8) is 0 Å². The quantitative estimate of drug-likeness (QED) is 0.397. The number of fused-ring (bicyclic) bond motifs is 3. The van der Waals surface area contributed by atoms with Crippen LogP contribution in [-0.2, 0) is 14.3 Å². The van der Waals surface area contributed by atoms with E-state index in [-0.39, 0.29) is 18.6 Å². The molecule has 0 aromatic heterocycles. The minimum absolute atomic E-state index is 0.0541. The summed E-state index contributed by atoms with van der Waals surface area (Å²) in [6.45, 7) is 11.7. The molecule has 0 unspecified atom stereocenters. The van der Waals surface area contributed by atoms with E-state index in [1.54, 1.807) is 0 Å². The molecular weight excluding hydrogens is 456 g/mol. The Morgan fingerprint density at radius 2 is 1.92 bits per heavy atom. The second-order valence-electron chi connectivity index (χ2n) is 13.2. The molecule has 202 valence electrons. The molecule has 0 aromatic rings. The highest BCUT2D eigenvalue weighted by Gasteiger charge is 2.54. The summed E-state index contributed by atoms with van der Waals surface area (Å²) in [7, 11) is 0. The molecule has 3 N–H and O–H groups in total. The molecule has 3 saturated carbocycles. The number of hydrogen-bond donors (Lipinski definition) is 3. The van der Waals surface area contributed by atoms with Gasteiger partial charge in [-0.3, -0.25) is 4.79 Å². The van der Waals surface area contributed by atoms with Gasteiger partial charge in [-0.25, -0.2) is 0 Å². The van der Waals surface area contributed by atoms with E-state index >= 15 is 0 Å². The summed E-state index contributed by atoms with van der Waals surface area (Å²) >= 11 is 0. The smallest absolute Gasteiger partial charge is 0.186 e. The highest BCUT2D eigenvalue weighted by atomic mass is 16.7. The number of rotatable bonds is 4. The number of ether oxygens (including phenoxy) is 2. The van der Waals surface area contributed by atoms with Crippen LogP contribution in [0.25, 0.3) is 0 Å². The van der Waals surface area contributed by atoms with Crippen LogP contribution >= 0.6 is 0 Å². The largest absolute Gasteiger partial charge is 0.388 e. The molecule has 5 rings (SSSR count). The second-order valence-corrected chi connectivity index (χ2v) is 13.2. The molecule has 0 bridgehead atoms. The molecule has 6 nitrogen and oxygen atoms in total. The van der Waals surface area contributed by atoms with Crippen LogP contribution in [0.4, 0.5) is 0 Å². The average Bonchev–Trinajstić information content (AvgIpc) is 3.34. The molecule has 36 heavy (non-hydrogen) atoms. The molecular formula is C30H46O6. The van der Waals surface area contributed by atoms with Crippen molar-refractivity contribution in [2.45, 2.75) is 104 Å². The van der Waals surface area contributed by atoms with Gasteiger partial charge in [-0.1, -0.05) is 44.9 Å². The van der Waals surface area contributed by atoms with Crippen LogP contribution in [0.15, 0.2) is 22.8 Å². The first-order chi connectivity index (χ1) is 17.1. The summed E-state index contributed by atoms with van der Waals surface area (Å²) in [5, 5.41) is 30.4. The predicted molar refractivity (Wildman–Crippen MR) is 137 cm³/mol. The zero-order valence-electron chi connectivity index (χ0n) is 22.6. The zero-order chi connectivity index (χ0) is 25.9. The third-order valence-corrected chi connectivity index (χ3v) is 11.1. The fraction of sp³-hybridized carbons (Fsp3) is 0.833. The Morgan fingerprint density at radius 3 is 2.61 bits per heavy atom. The summed E-state index contributed by atoms with van der Waals surface area (Å²) in [5.74, 6) is 3.30. The number of aliphatic hydroxyl groups is 3. The van der Waals surface area contributed by atoms with Crippen LogP contribution in [0.5, 0.6) is 0 Å². The lowest BCUT2D eigenvalue weighted by Crippen LogP contribution is -2.54. The van der Waals surface area contributed by atoms with E-state index in [9.17, 15) is 20.1 Å². The second kappa shape index (κ2) is 9.92. The molecule has 4 fully saturated rings. The summed E-state index contributed by atoms with van der Waals surface area (Å²) < 4.78 is 11.8. The maximum atomic E-state index is 12.4. The van der Waals surface area contributed by atoms with Crippen molar-refractivity contribution in [1.29, 1.82) is 0 Å². The number of hydrogen-bond acceptors (Lipinski definition) is 6. The van der Waals surface area contributed by atoms with Gasteiger partial charge in [-0.15, -0.1) is 0 Å². The third-order valence-electron chi connectivity index (χ3n) is 11.1. The van der Waals surface area contributed by atoms with Crippen molar-refractivity contribution >= 4 is 6.29 Å². The number of aldehydes is 1. The minimum Gasteiger partial charge on any atom is -0.388 e. The molecule has 5 aliphatic rings. The Morgan fingerprint density at radius 1 is 1.17 bits per heavy atom. The molecule has 0 aromatic carbocycles. The highest BCUT2D eigenvalue weighted by Crippen LogP contribution is 2.62. The van der Waals surface area contributed by atoms with Crippen molar-refractivity contribution in [3.05, 3.63) is 22.8 Å². The Bertz CT molecular complexity index is 909. The van der Waals surface area contributed by atoms with Crippen molar-refractivity contribution in [2.75, 3.05) is 6.61 Å². The van der Waals surface area contributed by atoms with Gasteiger partial charge in [0, 0.05) is 0 Å². The number of allylic oxidation sites excluding steroid dienone is 3. The number of carbonyl (C=O) groups is 1. The SMILES string of the molecule is CC1=C2C[C@H](O[C@H]3OC[C@@H](O)[C@@H](O)[C@@H]3O)[C@@H](C)[C@@H]2C/C=C(/C=O)[C@H]2C[C@@]3(C)CC[C@@H](C(C)C)[C@@H]3C[C@H]12. The van der Waals surface area contributed by atoms with Gasteiger partial charge >= 0.3 is 0 Å². The van der Waals surface area contributed by atoms with Crippen molar-refractivity contribution in [2.24, 2.45) is 46.8 Å². The standard InChI is InChI=1S/C30H46O6/c1-15(2)19-8-9-30(5)12-23-18(13-31)6-7-20-17(4)26(11-22(20)16(3)21(23)10-24(19)30)36-29-28(34)27(33)25(32)14-35-29/h6,13,15,17,19-21,23-29,32-34H,7-12,14H2,1-5H3/b18-6-,22-16?/t17-,19-,20-,21+,23+,24-,25+,26-,27+,28-,29+,30+/m0/s1. The van der Waals surface area contributed by atoms with Crippen LogP contribution in [0.1, 0.15) is 73.1 Å². The van der Waals surface area contributed by atoms with Gasteiger partial charge in [0.2, 0.25) is 0 Å². The predicted octanol–water partition coefficient (Wildman–Crippen LogP) is 4.03. The molecule has 1 heterocycles. The minimum atomic E-state index is -1.28. The first kappa shape index (κ1) is 26.6. The first-order valence-corrected chi connectivity index (χ1v) is 14.2. The van der Waals surface area contributed by atoms with Crippen LogP contribution in [0, 0.1) is 46.8 Å². The van der Waals surface area contributed by atoms with E-state index in [1.165, 1.54) is 24.0 Å². The summed E-state index contributed by atoms with van der Waals surface area (Å²) in [6.07, 6.45) is 5.03.